The zero-order valence-electron chi connectivity index (χ0n) is 5.75. The number of unbranched alkanes of at least 4 members (excludes halogenated alkanes) is 2. The second-order valence-electron chi connectivity index (χ2n) is 1.98. The molecule has 0 aromatic heterocycles. The van der Waals surface area contributed by atoms with Crippen molar-refractivity contribution in [1.82, 2.24) is 0 Å². The summed E-state index contributed by atoms with van der Waals surface area (Å²) in [4.78, 5) is 0. The van der Waals surface area contributed by atoms with Crippen LogP contribution in [0, 0.1) is 0 Å². The minimum atomic E-state index is -1.28. The SMILES string of the molecule is CCCC/C=C\B(O)O. The van der Waals surface area contributed by atoms with Crippen molar-refractivity contribution in [3.63, 3.8) is 0 Å². The maximum absolute atomic E-state index is 8.32. The fourth-order valence-corrected chi connectivity index (χ4v) is 0.540. The highest BCUT2D eigenvalue weighted by molar-refractivity contribution is 6.47. The predicted octanol–water partition coefficient (Wildman–Crippen LogP) is 0.745. The molecule has 0 aliphatic rings. The van der Waals surface area contributed by atoms with Crippen molar-refractivity contribution < 1.29 is 10.0 Å². The first-order valence-corrected chi connectivity index (χ1v) is 3.30. The Morgan fingerprint density at radius 3 is 2.56 bits per heavy atom. The molecule has 0 unspecified atom stereocenters. The normalized spacial score (nSPS) is 10.6. The number of hydrogen-bond donors (Lipinski definition) is 2. The molecule has 0 radical (unpaired) electrons. The molecule has 52 valence electrons. The fourth-order valence-electron chi connectivity index (χ4n) is 0.540. The van der Waals surface area contributed by atoms with Gasteiger partial charge in [-0.2, -0.15) is 0 Å². The van der Waals surface area contributed by atoms with E-state index in [0.29, 0.717) is 0 Å². The van der Waals surface area contributed by atoms with E-state index in [-0.39, 0.29) is 0 Å². The molecular formula is C6H13BO2. The lowest BCUT2D eigenvalue weighted by Crippen LogP contribution is -2.05. The summed E-state index contributed by atoms with van der Waals surface area (Å²) in [7, 11) is -1.28. The van der Waals surface area contributed by atoms with Gasteiger partial charge in [-0.25, -0.2) is 0 Å². The van der Waals surface area contributed by atoms with Crippen LogP contribution in [0.25, 0.3) is 0 Å². The zero-order valence-corrected chi connectivity index (χ0v) is 5.75. The molecule has 0 atom stereocenters. The molecule has 0 spiro atoms. The van der Waals surface area contributed by atoms with Crippen LogP contribution in [0.4, 0.5) is 0 Å². The van der Waals surface area contributed by atoms with Crippen LogP contribution in [0.1, 0.15) is 26.2 Å². The van der Waals surface area contributed by atoms with Gasteiger partial charge in [0.1, 0.15) is 0 Å². The molecule has 0 rings (SSSR count). The quantitative estimate of drug-likeness (QED) is 0.433. The first-order valence-electron chi connectivity index (χ1n) is 3.30. The molecule has 9 heavy (non-hydrogen) atoms. The van der Waals surface area contributed by atoms with Gasteiger partial charge in [-0.15, -0.1) is 0 Å². The van der Waals surface area contributed by atoms with Gasteiger partial charge in [0.05, 0.1) is 0 Å². The summed E-state index contributed by atoms with van der Waals surface area (Å²) < 4.78 is 0. The maximum Gasteiger partial charge on any atom is 0.480 e. The zero-order chi connectivity index (χ0) is 7.11. The van der Waals surface area contributed by atoms with Crippen LogP contribution in [0.15, 0.2) is 12.1 Å². The van der Waals surface area contributed by atoms with Crippen molar-refractivity contribution >= 4 is 7.12 Å². The lowest BCUT2D eigenvalue weighted by Gasteiger charge is -1.87. The molecular weight excluding hydrogens is 115 g/mol. The van der Waals surface area contributed by atoms with Crippen LogP contribution in [0.5, 0.6) is 0 Å². The molecule has 0 bridgehead atoms. The van der Waals surface area contributed by atoms with E-state index in [4.69, 9.17) is 10.0 Å². The van der Waals surface area contributed by atoms with Gasteiger partial charge >= 0.3 is 7.12 Å². The van der Waals surface area contributed by atoms with Crippen molar-refractivity contribution in [3.05, 3.63) is 12.1 Å². The molecule has 0 aliphatic carbocycles. The van der Waals surface area contributed by atoms with Gasteiger partial charge in [0.25, 0.3) is 0 Å². The molecule has 0 saturated carbocycles. The summed E-state index contributed by atoms with van der Waals surface area (Å²) in [6.07, 6.45) is 4.98. The van der Waals surface area contributed by atoms with Crippen molar-refractivity contribution in [2.24, 2.45) is 0 Å². The van der Waals surface area contributed by atoms with Crippen LogP contribution < -0.4 is 0 Å². The van der Waals surface area contributed by atoms with Gasteiger partial charge < -0.3 is 10.0 Å². The Morgan fingerprint density at radius 1 is 1.44 bits per heavy atom. The number of hydrogen-bond acceptors (Lipinski definition) is 2. The van der Waals surface area contributed by atoms with Crippen LogP contribution in [-0.2, 0) is 0 Å². The highest BCUT2D eigenvalue weighted by Crippen LogP contribution is 1.94. The molecule has 0 aromatic rings. The van der Waals surface area contributed by atoms with Gasteiger partial charge in [-0.05, 0) is 6.42 Å². The smallest absolute Gasteiger partial charge is 0.424 e. The minimum Gasteiger partial charge on any atom is -0.424 e. The van der Waals surface area contributed by atoms with Crippen LogP contribution in [0.3, 0.4) is 0 Å². The summed E-state index contributed by atoms with van der Waals surface area (Å²) in [5, 5.41) is 16.6. The van der Waals surface area contributed by atoms with E-state index in [1.165, 1.54) is 5.98 Å². The van der Waals surface area contributed by atoms with Gasteiger partial charge in [0.15, 0.2) is 0 Å². The largest absolute Gasteiger partial charge is 0.480 e. The fraction of sp³-hybridized carbons (Fsp3) is 0.667. The van der Waals surface area contributed by atoms with E-state index in [0.717, 1.165) is 19.3 Å². The van der Waals surface area contributed by atoms with Gasteiger partial charge in [0.2, 0.25) is 0 Å². The van der Waals surface area contributed by atoms with E-state index in [1.54, 1.807) is 6.08 Å². The third kappa shape index (κ3) is 7.72. The molecule has 0 heterocycles. The summed E-state index contributed by atoms with van der Waals surface area (Å²) >= 11 is 0. The van der Waals surface area contributed by atoms with E-state index >= 15 is 0 Å². The van der Waals surface area contributed by atoms with Crippen molar-refractivity contribution in [3.8, 4) is 0 Å². The second-order valence-corrected chi connectivity index (χ2v) is 1.98. The highest BCUT2D eigenvalue weighted by Gasteiger charge is 1.95. The second kappa shape index (κ2) is 5.85. The first-order chi connectivity index (χ1) is 4.27. The Balaban J connectivity index is 3.04. The van der Waals surface area contributed by atoms with E-state index in [1.807, 2.05) is 0 Å². The molecule has 0 aliphatic heterocycles. The molecule has 0 aromatic carbocycles. The number of rotatable bonds is 4. The monoisotopic (exact) mass is 128 g/mol. The summed E-state index contributed by atoms with van der Waals surface area (Å²) in [5.74, 6) is 1.38. The van der Waals surface area contributed by atoms with Crippen molar-refractivity contribution in [2.45, 2.75) is 26.2 Å². The Kier molecular flexibility index (Phi) is 5.68. The van der Waals surface area contributed by atoms with E-state index in [2.05, 4.69) is 6.92 Å². The Hall–Kier alpha value is -0.275. The number of allylic oxidation sites excluding steroid dienone is 1. The van der Waals surface area contributed by atoms with Gasteiger partial charge in [-0.3, -0.25) is 0 Å². The van der Waals surface area contributed by atoms with Crippen molar-refractivity contribution in [1.29, 1.82) is 0 Å². The molecule has 2 nitrogen and oxygen atoms in total. The summed E-state index contributed by atoms with van der Waals surface area (Å²) in [6.45, 7) is 2.10. The van der Waals surface area contributed by atoms with E-state index in [9.17, 15) is 0 Å². The first kappa shape index (κ1) is 8.72. The van der Waals surface area contributed by atoms with Gasteiger partial charge in [0, 0.05) is 0 Å². The topological polar surface area (TPSA) is 40.5 Å². The predicted molar refractivity (Wildman–Crippen MR) is 38.9 cm³/mol. The third-order valence-electron chi connectivity index (χ3n) is 1.03. The molecule has 0 fully saturated rings. The average molecular weight is 128 g/mol. The van der Waals surface area contributed by atoms with Crippen LogP contribution in [-0.4, -0.2) is 17.2 Å². The summed E-state index contributed by atoms with van der Waals surface area (Å²) in [6, 6.07) is 0. The lowest BCUT2D eigenvalue weighted by atomic mass is 9.91. The Morgan fingerprint density at radius 2 is 2.11 bits per heavy atom. The highest BCUT2D eigenvalue weighted by atomic mass is 16.4. The van der Waals surface area contributed by atoms with Crippen LogP contribution in [0.2, 0.25) is 0 Å². The molecule has 0 saturated heterocycles. The average Bonchev–Trinajstić information content (AvgIpc) is 1.80. The minimum absolute atomic E-state index is 0.939. The third-order valence-corrected chi connectivity index (χ3v) is 1.03. The van der Waals surface area contributed by atoms with Gasteiger partial charge in [-0.1, -0.05) is 31.8 Å². The maximum atomic E-state index is 8.32. The van der Waals surface area contributed by atoms with Crippen molar-refractivity contribution in [2.75, 3.05) is 0 Å². The standard InChI is InChI=1S/C6H13BO2/c1-2-3-4-5-6-7(8)9/h5-6,8-9H,2-4H2,1H3/b6-5-. The molecule has 2 N–H and O–H groups in total. The molecule has 3 heteroatoms. The van der Waals surface area contributed by atoms with Crippen LogP contribution >= 0.6 is 0 Å². The Bertz CT molecular complexity index is 81.1. The lowest BCUT2D eigenvalue weighted by molar-refractivity contribution is 0.424. The summed E-state index contributed by atoms with van der Waals surface area (Å²) in [5.41, 5.74) is 0. The van der Waals surface area contributed by atoms with E-state index < -0.39 is 7.12 Å². The molecule has 0 amide bonds. The Labute approximate surface area is 56.4 Å².